The van der Waals surface area contributed by atoms with Gasteiger partial charge in [-0.1, -0.05) is 25.1 Å². The summed E-state index contributed by atoms with van der Waals surface area (Å²) in [6.45, 7) is 3.78. The Morgan fingerprint density at radius 3 is 2.94 bits per heavy atom. The van der Waals surface area contributed by atoms with Crippen LogP contribution >= 0.6 is 0 Å². The fourth-order valence-corrected chi connectivity index (χ4v) is 1.92. The van der Waals surface area contributed by atoms with E-state index in [2.05, 4.69) is 22.5 Å². The lowest BCUT2D eigenvalue weighted by Gasteiger charge is -2.08. The number of benzene rings is 1. The molecule has 0 saturated heterocycles. The van der Waals surface area contributed by atoms with Crippen LogP contribution in [0.1, 0.15) is 12.6 Å². The van der Waals surface area contributed by atoms with Gasteiger partial charge in [-0.2, -0.15) is 5.10 Å². The maximum Gasteiger partial charge on any atom is 0.0841 e. The third-order valence-electron chi connectivity index (χ3n) is 2.93. The summed E-state index contributed by atoms with van der Waals surface area (Å²) < 4.78 is 1.90. The second-order valence-electron chi connectivity index (χ2n) is 4.51. The van der Waals surface area contributed by atoms with Gasteiger partial charge in [0.25, 0.3) is 0 Å². The van der Waals surface area contributed by atoms with Crippen molar-refractivity contribution in [2.24, 2.45) is 13.0 Å². The van der Waals surface area contributed by atoms with Crippen LogP contribution in [0.25, 0.3) is 10.9 Å². The minimum absolute atomic E-state index is 0.218. The molecule has 0 aliphatic heterocycles. The Balaban J connectivity index is 2.09. The van der Waals surface area contributed by atoms with Crippen LogP contribution in [0.2, 0.25) is 0 Å². The minimum atomic E-state index is 0.218. The summed E-state index contributed by atoms with van der Waals surface area (Å²) in [6.07, 6.45) is 0. The lowest BCUT2D eigenvalue weighted by atomic mass is 10.2. The molecule has 2 rings (SSSR count). The molecule has 1 aromatic carbocycles. The summed E-state index contributed by atoms with van der Waals surface area (Å²) in [4.78, 5) is 0. The highest BCUT2D eigenvalue weighted by Crippen LogP contribution is 2.16. The first-order valence-corrected chi connectivity index (χ1v) is 5.94. The molecule has 0 spiro atoms. The Morgan fingerprint density at radius 2 is 2.18 bits per heavy atom. The third-order valence-corrected chi connectivity index (χ3v) is 2.93. The molecular formula is C13H19N3O. The van der Waals surface area contributed by atoms with E-state index in [9.17, 15) is 0 Å². The first-order chi connectivity index (χ1) is 8.22. The molecule has 1 unspecified atom stereocenters. The zero-order valence-corrected chi connectivity index (χ0v) is 10.3. The Hall–Kier alpha value is -1.39. The first kappa shape index (κ1) is 12.1. The number of aliphatic hydroxyl groups is 1. The van der Waals surface area contributed by atoms with Gasteiger partial charge < -0.3 is 10.4 Å². The van der Waals surface area contributed by atoms with E-state index in [0.29, 0.717) is 0 Å². The van der Waals surface area contributed by atoms with Crippen molar-refractivity contribution >= 4 is 10.9 Å². The van der Waals surface area contributed by atoms with E-state index in [4.69, 9.17) is 5.11 Å². The van der Waals surface area contributed by atoms with Crippen molar-refractivity contribution in [1.82, 2.24) is 15.1 Å². The quantitative estimate of drug-likeness (QED) is 0.818. The Labute approximate surface area is 101 Å². The molecule has 1 heterocycles. The molecule has 0 fully saturated rings. The average Bonchev–Trinajstić information content (AvgIpc) is 2.67. The molecule has 2 N–H and O–H groups in total. The van der Waals surface area contributed by atoms with Crippen molar-refractivity contribution in [2.45, 2.75) is 13.5 Å². The number of nitrogens with one attached hydrogen (secondary N) is 1. The number of rotatable bonds is 5. The number of aryl methyl sites for hydroxylation is 1. The van der Waals surface area contributed by atoms with Gasteiger partial charge in [-0.3, -0.25) is 4.68 Å². The van der Waals surface area contributed by atoms with Crippen LogP contribution < -0.4 is 5.32 Å². The van der Waals surface area contributed by atoms with Gasteiger partial charge in [0.15, 0.2) is 0 Å². The van der Waals surface area contributed by atoms with Gasteiger partial charge in [-0.05, 0) is 12.0 Å². The van der Waals surface area contributed by atoms with Crippen LogP contribution in [0.3, 0.4) is 0 Å². The van der Waals surface area contributed by atoms with E-state index in [0.717, 1.165) is 24.3 Å². The second-order valence-corrected chi connectivity index (χ2v) is 4.51. The molecule has 0 aliphatic carbocycles. The highest BCUT2D eigenvalue weighted by atomic mass is 16.3. The molecule has 4 heteroatoms. The van der Waals surface area contributed by atoms with Gasteiger partial charge in [0, 0.05) is 32.1 Å². The molecule has 2 aromatic rings. The molecule has 0 radical (unpaired) electrons. The van der Waals surface area contributed by atoms with Crippen LogP contribution in [0.4, 0.5) is 0 Å². The summed E-state index contributed by atoms with van der Waals surface area (Å²) in [5.41, 5.74) is 2.22. The topological polar surface area (TPSA) is 50.1 Å². The van der Waals surface area contributed by atoms with E-state index in [1.54, 1.807) is 0 Å². The van der Waals surface area contributed by atoms with Crippen molar-refractivity contribution in [1.29, 1.82) is 0 Å². The van der Waals surface area contributed by atoms with E-state index in [1.807, 2.05) is 30.8 Å². The molecule has 4 nitrogen and oxygen atoms in total. The fourth-order valence-electron chi connectivity index (χ4n) is 1.92. The highest BCUT2D eigenvalue weighted by Gasteiger charge is 2.07. The zero-order valence-electron chi connectivity index (χ0n) is 10.3. The maximum absolute atomic E-state index is 8.95. The molecule has 0 bridgehead atoms. The molecule has 0 saturated carbocycles. The van der Waals surface area contributed by atoms with Crippen LogP contribution in [0.5, 0.6) is 0 Å². The number of hydrogen-bond acceptors (Lipinski definition) is 3. The van der Waals surface area contributed by atoms with Gasteiger partial charge in [0.2, 0.25) is 0 Å². The van der Waals surface area contributed by atoms with Gasteiger partial charge in [0.1, 0.15) is 0 Å². The SMILES string of the molecule is CC(CO)CNCc1nn(C)c2ccccc12. The van der Waals surface area contributed by atoms with Crippen LogP contribution in [0.15, 0.2) is 24.3 Å². The predicted molar refractivity (Wildman–Crippen MR) is 68.7 cm³/mol. The summed E-state index contributed by atoms with van der Waals surface area (Å²) in [6, 6.07) is 8.22. The molecular weight excluding hydrogens is 214 g/mol. The number of hydrogen-bond donors (Lipinski definition) is 2. The smallest absolute Gasteiger partial charge is 0.0841 e. The fraction of sp³-hybridized carbons (Fsp3) is 0.462. The Morgan fingerprint density at radius 1 is 1.41 bits per heavy atom. The van der Waals surface area contributed by atoms with Crippen LogP contribution in [-0.2, 0) is 13.6 Å². The number of para-hydroxylation sites is 1. The van der Waals surface area contributed by atoms with Crippen molar-refractivity contribution < 1.29 is 5.11 Å². The average molecular weight is 233 g/mol. The summed E-state index contributed by atoms with van der Waals surface area (Å²) in [5, 5.41) is 18.0. The largest absolute Gasteiger partial charge is 0.396 e. The van der Waals surface area contributed by atoms with Crippen molar-refractivity contribution in [3.05, 3.63) is 30.0 Å². The van der Waals surface area contributed by atoms with E-state index < -0.39 is 0 Å². The number of aliphatic hydroxyl groups excluding tert-OH is 1. The molecule has 17 heavy (non-hydrogen) atoms. The van der Waals surface area contributed by atoms with Crippen molar-refractivity contribution in [3.8, 4) is 0 Å². The van der Waals surface area contributed by atoms with Gasteiger partial charge in [-0.15, -0.1) is 0 Å². The van der Waals surface area contributed by atoms with Crippen molar-refractivity contribution in [2.75, 3.05) is 13.2 Å². The van der Waals surface area contributed by atoms with Crippen LogP contribution in [0, 0.1) is 5.92 Å². The Kier molecular flexibility index (Phi) is 3.76. The van der Waals surface area contributed by atoms with Crippen LogP contribution in [-0.4, -0.2) is 28.0 Å². The van der Waals surface area contributed by atoms with Gasteiger partial charge in [0.05, 0.1) is 11.2 Å². The zero-order chi connectivity index (χ0) is 12.3. The summed E-state index contributed by atoms with van der Waals surface area (Å²) in [7, 11) is 1.96. The number of aromatic nitrogens is 2. The van der Waals surface area contributed by atoms with E-state index in [-0.39, 0.29) is 12.5 Å². The summed E-state index contributed by atoms with van der Waals surface area (Å²) in [5.74, 6) is 0.282. The standard InChI is InChI=1S/C13H19N3O/c1-10(9-17)7-14-8-12-11-5-3-4-6-13(11)16(2)15-12/h3-6,10,14,17H,7-9H2,1-2H3. The van der Waals surface area contributed by atoms with E-state index >= 15 is 0 Å². The second kappa shape index (κ2) is 5.29. The van der Waals surface area contributed by atoms with Gasteiger partial charge in [-0.25, -0.2) is 0 Å². The Bertz CT molecular complexity index is 492. The number of nitrogens with zero attached hydrogens (tertiary/aromatic N) is 2. The molecule has 1 atom stereocenters. The van der Waals surface area contributed by atoms with E-state index in [1.165, 1.54) is 5.39 Å². The van der Waals surface area contributed by atoms with Crippen molar-refractivity contribution in [3.63, 3.8) is 0 Å². The number of fused-ring (bicyclic) bond motifs is 1. The predicted octanol–water partition coefficient (Wildman–Crippen LogP) is 1.29. The third kappa shape index (κ3) is 2.65. The molecule has 0 aliphatic rings. The minimum Gasteiger partial charge on any atom is -0.396 e. The first-order valence-electron chi connectivity index (χ1n) is 5.94. The lowest BCUT2D eigenvalue weighted by Crippen LogP contribution is -2.23. The highest BCUT2D eigenvalue weighted by molar-refractivity contribution is 5.81. The molecule has 92 valence electrons. The van der Waals surface area contributed by atoms with Gasteiger partial charge >= 0.3 is 0 Å². The monoisotopic (exact) mass is 233 g/mol. The normalized spacial score (nSPS) is 13.1. The lowest BCUT2D eigenvalue weighted by molar-refractivity contribution is 0.233. The molecule has 0 amide bonds. The maximum atomic E-state index is 8.95. The summed E-state index contributed by atoms with van der Waals surface area (Å²) >= 11 is 0. The molecule has 1 aromatic heterocycles.